The summed E-state index contributed by atoms with van der Waals surface area (Å²) in [5, 5.41) is 13.0. The van der Waals surface area contributed by atoms with Gasteiger partial charge < -0.3 is 19.9 Å². The monoisotopic (exact) mass is 385 g/mol. The number of carbonyl (C=O) groups excluding carboxylic acids is 2. The maximum Gasteiger partial charge on any atom is 0.310 e. The van der Waals surface area contributed by atoms with Gasteiger partial charge in [0.2, 0.25) is 0 Å². The molecule has 0 aromatic heterocycles. The summed E-state index contributed by atoms with van der Waals surface area (Å²) in [6, 6.07) is 0. The van der Waals surface area contributed by atoms with Crippen LogP contribution >= 0.6 is 0 Å². The van der Waals surface area contributed by atoms with E-state index in [2.05, 4.69) is 12.2 Å². The van der Waals surface area contributed by atoms with E-state index in [9.17, 15) is 14.7 Å². The molecule has 2 unspecified atom stereocenters. The van der Waals surface area contributed by atoms with E-state index in [0.29, 0.717) is 13.0 Å². The molecule has 1 fully saturated rings. The molecule has 0 bridgehead atoms. The highest BCUT2D eigenvalue weighted by molar-refractivity contribution is 5.72. The highest BCUT2D eigenvalue weighted by atomic mass is 16.6. The zero-order valence-corrected chi connectivity index (χ0v) is 17.0. The Morgan fingerprint density at radius 1 is 1.00 bits per heavy atom. The molecule has 1 saturated heterocycles. The van der Waals surface area contributed by atoms with Crippen molar-refractivity contribution in [2.75, 3.05) is 26.3 Å². The first kappa shape index (κ1) is 23.9. The first-order valence-corrected chi connectivity index (χ1v) is 10.8. The van der Waals surface area contributed by atoms with Gasteiger partial charge in [0.1, 0.15) is 19.3 Å². The SMILES string of the molecule is CCCCCCCCCCCC(=O)OCC(O)COC(=O)C1CCCNC1. The van der Waals surface area contributed by atoms with Gasteiger partial charge in [0.25, 0.3) is 0 Å². The average molecular weight is 386 g/mol. The van der Waals surface area contributed by atoms with E-state index in [0.717, 1.165) is 38.6 Å². The Morgan fingerprint density at radius 2 is 1.63 bits per heavy atom. The number of aliphatic hydroxyl groups is 1. The normalized spacial score (nSPS) is 18.1. The molecule has 1 aliphatic rings. The Kier molecular flexibility index (Phi) is 14.0. The van der Waals surface area contributed by atoms with Crippen LogP contribution in [0, 0.1) is 5.92 Å². The summed E-state index contributed by atoms with van der Waals surface area (Å²) in [6.45, 7) is 3.54. The molecule has 0 saturated carbocycles. The van der Waals surface area contributed by atoms with Crippen LogP contribution in [0.5, 0.6) is 0 Å². The lowest BCUT2D eigenvalue weighted by Gasteiger charge is -2.21. The fourth-order valence-corrected chi connectivity index (χ4v) is 3.24. The van der Waals surface area contributed by atoms with Crippen molar-refractivity contribution in [1.29, 1.82) is 0 Å². The standard InChI is InChI=1S/C21H39NO5/c1-2-3-4-5-6-7-8-9-10-13-20(24)26-16-19(23)17-27-21(25)18-12-11-14-22-15-18/h18-19,22-23H,2-17H2,1H3. The molecule has 0 aliphatic carbocycles. The lowest BCUT2D eigenvalue weighted by Crippen LogP contribution is -2.36. The van der Waals surface area contributed by atoms with E-state index in [-0.39, 0.29) is 31.1 Å². The van der Waals surface area contributed by atoms with Crippen molar-refractivity contribution in [2.45, 2.75) is 90.1 Å². The third-order valence-corrected chi connectivity index (χ3v) is 4.97. The van der Waals surface area contributed by atoms with Crippen molar-refractivity contribution in [2.24, 2.45) is 5.92 Å². The van der Waals surface area contributed by atoms with Gasteiger partial charge in [-0.25, -0.2) is 0 Å². The summed E-state index contributed by atoms with van der Waals surface area (Å²) >= 11 is 0. The molecule has 6 nitrogen and oxygen atoms in total. The van der Waals surface area contributed by atoms with Crippen LogP contribution in [-0.4, -0.2) is 49.5 Å². The van der Waals surface area contributed by atoms with Crippen LogP contribution in [0.15, 0.2) is 0 Å². The lowest BCUT2D eigenvalue weighted by molar-refractivity contribution is -0.155. The Bertz CT molecular complexity index is 396. The fraction of sp³-hybridized carbons (Fsp3) is 0.905. The van der Waals surface area contributed by atoms with Crippen LogP contribution < -0.4 is 5.32 Å². The van der Waals surface area contributed by atoms with Gasteiger partial charge in [-0.1, -0.05) is 58.3 Å². The van der Waals surface area contributed by atoms with E-state index in [1.807, 2.05) is 0 Å². The average Bonchev–Trinajstić information content (AvgIpc) is 2.69. The number of esters is 2. The molecule has 1 aliphatic heterocycles. The number of aliphatic hydroxyl groups excluding tert-OH is 1. The summed E-state index contributed by atoms with van der Waals surface area (Å²) < 4.78 is 10.2. The molecule has 1 rings (SSSR count). The van der Waals surface area contributed by atoms with Gasteiger partial charge in [0, 0.05) is 13.0 Å². The second-order valence-electron chi connectivity index (χ2n) is 7.59. The van der Waals surface area contributed by atoms with Gasteiger partial charge in [0.15, 0.2) is 0 Å². The summed E-state index contributed by atoms with van der Waals surface area (Å²) in [6.07, 6.45) is 12.0. The van der Waals surface area contributed by atoms with Crippen LogP contribution in [0.4, 0.5) is 0 Å². The smallest absolute Gasteiger partial charge is 0.310 e. The maximum absolute atomic E-state index is 11.9. The highest BCUT2D eigenvalue weighted by Gasteiger charge is 2.23. The van der Waals surface area contributed by atoms with Crippen LogP contribution in [-0.2, 0) is 19.1 Å². The minimum Gasteiger partial charge on any atom is -0.463 e. The zero-order chi connectivity index (χ0) is 19.7. The Balaban J connectivity index is 1.93. The molecule has 6 heteroatoms. The number of nitrogens with one attached hydrogen (secondary N) is 1. The minimum absolute atomic E-state index is 0.119. The molecular weight excluding hydrogens is 346 g/mol. The Hall–Kier alpha value is -1.14. The second kappa shape index (κ2) is 15.9. The number of rotatable bonds is 15. The lowest BCUT2D eigenvalue weighted by atomic mass is 10.0. The number of carbonyl (C=O) groups is 2. The predicted octanol–water partition coefficient (Wildman–Crippen LogP) is 3.35. The van der Waals surface area contributed by atoms with E-state index in [1.54, 1.807) is 0 Å². The van der Waals surface area contributed by atoms with Crippen LogP contribution in [0.1, 0.15) is 84.0 Å². The molecular formula is C21H39NO5. The van der Waals surface area contributed by atoms with E-state index in [4.69, 9.17) is 9.47 Å². The first-order valence-electron chi connectivity index (χ1n) is 10.8. The Morgan fingerprint density at radius 3 is 2.26 bits per heavy atom. The largest absolute Gasteiger partial charge is 0.463 e. The molecule has 0 radical (unpaired) electrons. The molecule has 2 atom stereocenters. The van der Waals surface area contributed by atoms with Crippen molar-refractivity contribution >= 4 is 11.9 Å². The molecule has 1 heterocycles. The maximum atomic E-state index is 11.9. The van der Waals surface area contributed by atoms with Gasteiger partial charge >= 0.3 is 11.9 Å². The van der Waals surface area contributed by atoms with Gasteiger partial charge in [-0.15, -0.1) is 0 Å². The quantitative estimate of drug-likeness (QED) is 0.332. The second-order valence-corrected chi connectivity index (χ2v) is 7.59. The molecule has 0 spiro atoms. The molecule has 27 heavy (non-hydrogen) atoms. The van der Waals surface area contributed by atoms with Gasteiger partial charge in [-0.05, 0) is 25.8 Å². The summed E-state index contributed by atoms with van der Waals surface area (Å²) in [7, 11) is 0. The summed E-state index contributed by atoms with van der Waals surface area (Å²) in [4.78, 5) is 23.6. The van der Waals surface area contributed by atoms with Crippen molar-refractivity contribution in [3.05, 3.63) is 0 Å². The molecule has 2 N–H and O–H groups in total. The van der Waals surface area contributed by atoms with Gasteiger partial charge in [0.05, 0.1) is 5.92 Å². The van der Waals surface area contributed by atoms with Gasteiger partial charge in [-0.2, -0.15) is 0 Å². The first-order chi connectivity index (χ1) is 13.1. The molecule has 0 aromatic carbocycles. The summed E-state index contributed by atoms with van der Waals surface area (Å²) in [5.41, 5.74) is 0. The molecule has 0 amide bonds. The number of piperidine rings is 1. The van der Waals surface area contributed by atoms with Crippen molar-refractivity contribution < 1.29 is 24.2 Å². The zero-order valence-electron chi connectivity index (χ0n) is 17.0. The topological polar surface area (TPSA) is 84.9 Å². The number of hydrogen-bond donors (Lipinski definition) is 2. The fourth-order valence-electron chi connectivity index (χ4n) is 3.24. The number of ether oxygens (including phenoxy) is 2. The predicted molar refractivity (Wildman–Crippen MR) is 105 cm³/mol. The summed E-state index contributed by atoms with van der Waals surface area (Å²) in [5.74, 6) is -0.720. The van der Waals surface area contributed by atoms with Crippen molar-refractivity contribution in [1.82, 2.24) is 5.32 Å². The molecule has 0 aromatic rings. The highest BCUT2D eigenvalue weighted by Crippen LogP contribution is 2.12. The molecule has 158 valence electrons. The third-order valence-electron chi connectivity index (χ3n) is 4.97. The van der Waals surface area contributed by atoms with E-state index in [1.165, 1.54) is 38.5 Å². The van der Waals surface area contributed by atoms with Crippen molar-refractivity contribution in [3.63, 3.8) is 0 Å². The van der Waals surface area contributed by atoms with E-state index >= 15 is 0 Å². The van der Waals surface area contributed by atoms with Crippen LogP contribution in [0.25, 0.3) is 0 Å². The Labute approximate surface area is 164 Å². The van der Waals surface area contributed by atoms with Crippen LogP contribution in [0.3, 0.4) is 0 Å². The number of unbranched alkanes of at least 4 members (excludes halogenated alkanes) is 8. The third kappa shape index (κ3) is 12.8. The number of hydrogen-bond acceptors (Lipinski definition) is 6. The van der Waals surface area contributed by atoms with E-state index < -0.39 is 6.10 Å². The minimum atomic E-state index is -0.961. The van der Waals surface area contributed by atoms with Crippen molar-refractivity contribution in [3.8, 4) is 0 Å². The van der Waals surface area contributed by atoms with Gasteiger partial charge in [-0.3, -0.25) is 9.59 Å². The van der Waals surface area contributed by atoms with Crippen LogP contribution in [0.2, 0.25) is 0 Å².